The van der Waals surface area contributed by atoms with Crippen LogP contribution in [0.1, 0.15) is 44.7 Å². The Morgan fingerprint density at radius 2 is 1.83 bits per heavy atom. The third kappa shape index (κ3) is 6.58. The van der Waals surface area contributed by atoms with Gasteiger partial charge in [0, 0.05) is 37.5 Å². The molecule has 2 aromatic carbocycles. The predicted molar refractivity (Wildman–Crippen MR) is 167 cm³/mol. The molecule has 0 radical (unpaired) electrons. The van der Waals surface area contributed by atoms with Crippen LogP contribution in [-0.2, 0) is 40.6 Å². The molecule has 1 aliphatic carbocycles. The highest BCUT2D eigenvalue weighted by atomic mass is 19.4. The Hall–Kier alpha value is -4.39. The number of anilines is 1. The number of hydrogen-bond acceptors (Lipinski definition) is 7. The van der Waals surface area contributed by atoms with E-state index in [1.165, 1.54) is 27.2 Å². The van der Waals surface area contributed by atoms with Gasteiger partial charge in [-0.25, -0.2) is 9.18 Å². The molecule has 252 valence electrons. The largest absolute Gasteiger partial charge is 0.496 e. The third-order valence-electron chi connectivity index (χ3n) is 9.06. The van der Waals surface area contributed by atoms with Crippen LogP contribution in [0.15, 0.2) is 35.1 Å². The van der Waals surface area contributed by atoms with E-state index in [9.17, 15) is 27.6 Å². The van der Waals surface area contributed by atoms with Crippen molar-refractivity contribution in [3.05, 3.63) is 80.0 Å². The van der Waals surface area contributed by atoms with E-state index < -0.39 is 42.6 Å². The summed E-state index contributed by atoms with van der Waals surface area (Å²) in [6.45, 7) is 2.58. The van der Waals surface area contributed by atoms with Crippen molar-refractivity contribution in [1.29, 1.82) is 0 Å². The number of morpholine rings is 1. The van der Waals surface area contributed by atoms with Crippen LogP contribution in [0.5, 0.6) is 5.75 Å². The summed E-state index contributed by atoms with van der Waals surface area (Å²) >= 11 is 0. The highest BCUT2D eigenvalue weighted by Crippen LogP contribution is 2.38. The number of aromatic nitrogens is 1. The van der Waals surface area contributed by atoms with Gasteiger partial charge in [-0.05, 0) is 73.1 Å². The number of methoxy groups -OCH3 is 2. The van der Waals surface area contributed by atoms with Gasteiger partial charge in [-0.3, -0.25) is 9.59 Å². The number of benzene rings is 2. The first kappa shape index (κ1) is 34.0. The first-order chi connectivity index (χ1) is 22.3. The molecule has 0 unspecified atom stereocenters. The van der Waals surface area contributed by atoms with E-state index in [-0.39, 0.29) is 41.9 Å². The zero-order valence-electron chi connectivity index (χ0n) is 26.8. The Kier molecular flexibility index (Phi) is 9.67. The molecule has 47 heavy (non-hydrogen) atoms. The summed E-state index contributed by atoms with van der Waals surface area (Å²) in [7, 11) is 4.38. The van der Waals surface area contributed by atoms with Crippen LogP contribution in [0.3, 0.4) is 0 Å². The summed E-state index contributed by atoms with van der Waals surface area (Å²) in [5.41, 5.74) is 4.08. The van der Waals surface area contributed by atoms with Gasteiger partial charge in [0.05, 0.1) is 38.6 Å². The number of aryl methyl sites for hydroxylation is 2. The van der Waals surface area contributed by atoms with Gasteiger partial charge in [0.2, 0.25) is 0 Å². The number of ether oxygens (including phenoxy) is 3. The second-order valence-electron chi connectivity index (χ2n) is 11.9. The van der Waals surface area contributed by atoms with Gasteiger partial charge in [-0.1, -0.05) is 12.1 Å². The first-order valence-electron chi connectivity index (χ1n) is 15.2. The lowest BCUT2D eigenvalue weighted by atomic mass is 9.91. The van der Waals surface area contributed by atoms with Crippen molar-refractivity contribution in [2.75, 3.05) is 38.9 Å². The number of nitrogens with one attached hydrogen (secondary N) is 1. The molecule has 1 N–H and O–H groups in total. The van der Waals surface area contributed by atoms with Crippen LogP contribution in [-0.4, -0.2) is 68.7 Å². The van der Waals surface area contributed by atoms with Crippen LogP contribution in [0, 0.1) is 19.7 Å². The van der Waals surface area contributed by atoms with Crippen molar-refractivity contribution in [2.45, 2.75) is 57.8 Å². The lowest BCUT2D eigenvalue weighted by Gasteiger charge is -2.38. The molecule has 1 aromatic heterocycles. The molecule has 0 spiro atoms. The van der Waals surface area contributed by atoms with Crippen LogP contribution in [0.4, 0.5) is 23.2 Å². The van der Waals surface area contributed by atoms with E-state index in [0.29, 0.717) is 24.2 Å². The second-order valence-corrected chi connectivity index (χ2v) is 11.9. The van der Waals surface area contributed by atoms with Crippen LogP contribution in [0.25, 0.3) is 11.1 Å². The number of carbonyl (C=O) groups excluding carboxylic acids is 2. The molecular formula is C34H37F4N3O6. The fourth-order valence-electron chi connectivity index (χ4n) is 6.56. The van der Waals surface area contributed by atoms with Crippen molar-refractivity contribution in [3.63, 3.8) is 0 Å². The smallest absolute Gasteiger partial charge is 0.411 e. The average molecular weight is 660 g/mol. The van der Waals surface area contributed by atoms with Gasteiger partial charge in [0.25, 0.3) is 11.5 Å². The molecule has 1 fully saturated rings. The lowest BCUT2D eigenvalue weighted by molar-refractivity contribution is -0.167. The number of amides is 1. The van der Waals surface area contributed by atoms with Gasteiger partial charge in [0.1, 0.15) is 23.7 Å². The Bertz CT molecular complexity index is 1750. The molecule has 5 rings (SSSR count). The topological polar surface area (TPSA) is 99.1 Å². The standard InChI is InChI=1S/C34H37F4N3O6/c1-18-13-21(41-11-12-47-17-28(41)34(36,37)38)16-25(35)29(18)31(42)39-26(33(44)46-5)15-20-9-10-24(23-8-6-7-22(20)23)30-27(45-4)14-19(2)40(3)32(30)43/h9-10,13-14,16,26,28H,6-8,11-12,15,17H2,1-5H3,(H,39,42)/t26-,28+/m0/s1. The number of rotatable bonds is 8. The fourth-order valence-corrected chi connectivity index (χ4v) is 6.56. The van der Waals surface area contributed by atoms with Crippen molar-refractivity contribution in [3.8, 4) is 16.9 Å². The summed E-state index contributed by atoms with van der Waals surface area (Å²) in [5.74, 6) is -2.22. The van der Waals surface area contributed by atoms with E-state index in [1.54, 1.807) is 23.7 Å². The molecule has 2 heterocycles. The third-order valence-corrected chi connectivity index (χ3v) is 9.06. The Labute approximate surface area is 269 Å². The maximum atomic E-state index is 15.5. The van der Waals surface area contributed by atoms with Crippen molar-refractivity contribution < 1.29 is 41.4 Å². The molecule has 3 aromatic rings. The number of esters is 1. The molecule has 13 heteroatoms. The number of nitrogens with zero attached hydrogens (tertiary/aromatic N) is 2. The molecule has 9 nitrogen and oxygen atoms in total. The summed E-state index contributed by atoms with van der Waals surface area (Å²) in [4.78, 5) is 40.7. The maximum absolute atomic E-state index is 15.5. The van der Waals surface area contributed by atoms with Crippen molar-refractivity contribution in [2.24, 2.45) is 7.05 Å². The normalized spacial score (nSPS) is 16.9. The molecule has 2 atom stereocenters. The molecule has 2 aliphatic rings. The van der Waals surface area contributed by atoms with Crippen LogP contribution < -0.4 is 20.5 Å². The zero-order valence-corrected chi connectivity index (χ0v) is 26.8. The molecule has 0 bridgehead atoms. The van der Waals surface area contributed by atoms with E-state index in [2.05, 4.69) is 5.32 Å². The minimum Gasteiger partial charge on any atom is -0.496 e. The number of hydrogen-bond donors (Lipinski definition) is 1. The van der Waals surface area contributed by atoms with Crippen molar-refractivity contribution >= 4 is 17.6 Å². The highest BCUT2D eigenvalue weighted by Gasteiger charge is 2.45. The average Bonchev–Trinajstić information content (AvgIpc) is 3.53. The maximum Gasteiger partial charge on any atom is 0.411 e. The fraction of sp³-hybridized carbons (Fsp3) is 0.441. The predicted octanol–water partition coefficient (Wildman–Crippen LogP) is 4.59. The summed E-state index contributed by atoms with van der Waals surface area (Å²) < 4.78 is 73.5. The van der Waals surface area contributed by atoms with Gasteiger partial charge >= 0.3 is 12.1 Å². The highest BCUT2D eigenvalue weighted by molar-refractivity contribution is 5.98. The summed E-state index contributed by atoms with van der Waals surface area (Å²) in [5, 5.41) is 2.58. The van der Waals surface area contributed by atoms with E-state index in [1.807, 2.05) is 13.0 Å². The monoisotopic (exact) mass is 659 g/mol. The first-order valence-corrected chi connectivity index (χ1v) is 15.2. The van der Waals surface area contributed by atoms with Crippen molar-refractivity contribution in [1.82, 2.24) is 9.88 Å². The van der Waals surface area contributed by atoms with Gasteiger partial charge in [-0.2, -0.15) is 13.2 Å². The second kappa shape index (κ2) is 13.4. The minimum atomic E-state index is -4.60. The quantitative estimate of drug-likeness (QED) is 0.279. The molecule has 1 amide bonds. The Balaban J connectivity index is 1.44. The van der Waals surface area contributed by atoms with Gasteiger partial charge in [-0.15, -0.1) is 0 Å². The van der Waals surface area contributed by atoms with Crippen LogP contribution >= 0.6 is 0 Å². The Morgan fingerprint density at radius 3 is 2.49 bits per heavy atom. The minimum absolute atomic E-state index is 0.0256. The molecular weight excluding hydrogens is 622 g/mol. The van der Waals surface area contributed by atoms with Gasteiger partial charge in [0.15, 0.2) is 0 Å². The SMILES string of the molecule is COC(=O)[C@H](Cc1ccc(-c2c(OC)cc(C)n(C)c2=O)c2c1CCC2)NC(=O)c1c(C)cc(N2CCOC[C@@H]2C(F)(F)F)cc1F. The summed E-state index contributed by atoms with van der Waals surface area (Å²) in [6.07, 6.45) is -2.37. The number of halogens is 4. The van der Waals surface area contributed by atoms with Gasteiger partial charge < -0.3 is 29.0 Å². The van der Waals surface area contributed by atoms with E-state index >= 15 is 4.39 Å². The number of alkyl halides is 3. The molecule has 1 aliphatic heterocycles. The summed E-state index contributed by atoms with van der Waals surface area (Å²) in [6, 6.07) is 4.49. The Morgan fingerprint density at radius 1 is 1.11 bits per heavy atom. The van der Waals surface area contributed by atoms with Crippen LogP contribution in [0.2, 0.25) is 0 Å². The lowest BCUT2D eigenvalue weighted by Crippen LogP contribution is -2.53. The molecule has 1 saturated heterocycles. The zero-order chi connectivity index (χ0) is 34.2. The molecule has 0 saturated carbocycles. The number of fused-ring (bicyclic) bond motifs is 1. The van der Waals surface area contributed by atoms with E-state index in [0.717, 1.165) is 45.3 Å². The number of carbonyl (C=O) groups is 2. The van der Waals surface area contributed by atoms with E-state index in [4.69, 9.17) is 14.2 Å². The number of pyridine rings is 1.